The Kier molecular flexibility index (Phi) is 3.82. The van der Waals surface area contributed by atoms with Gasteiger partial charge < -0.3 is 5.32 Å². The summed E-state index contributed by atoms with van der Waals surface area (Å²) in [5.74, 6) is -0.158. The first-order valence-electron chi connectivity index (χ1n) is 4.83. The summed E-state index contributed by atoms with van der Waals surface area (Å²) in [7, 11) is 1.79. The third-order valence-corrected chi connectivity index (χ3v) is 3.64. The fourth-order valence-electron chi connectivity index (χ4n) is 1.37. The molecule has 1 aromatic carbocycles. The molecule has 0 fully saturated rings. The van der Waals surface area contributed by atoms with Gasteiger partial charge in [-0.3, -0.25) is 9.48 Å². The summed E-state index contributed by atoms with van der Waals surface area (Å²) >= 11 is 5.43. The molecule has 0 saturated carbocycles. The fourth-order valence-corrected chi connectivity index (χ4v) is 2.47. The van der Waals surface area contributed by atoms with E-state index in [0.717, 1.165) is 10.2 Å². The number of nitrogens with zero attached hydrogens (tertiary/aromatic N) is 2. The maximum Gasteiger partial charge on any atom is 0.259 e. The van der Waals surface area contributed by atoms with Gasteiger partial charge in [-0.1, -0.05) is 12.1 Å². The molecule has 0 radical (unpaired) electrons. The van der Waals surface area contributed by atoms with Crippen LogP contribution in [0.2, 0.25) is 0 Å². The second-order valence-corrected chi connectivity index (χ2v) is 5.32. The van der Waals surface area contributed by atoms with Crippen LogP contribution >= 0.6 is 38.5 Å². The molecule has 88 valence electrons. The quantitative estimate of drug-likeness (QED) is 0.780. The Morgan fingerprint density at radius 3 is 2.76 bits per heavy atom. The number of carbonyl (C=O) groups excluding carboxylic acids is 1. The van der Waals surface area contributed by atoms with E-state index >= 15 is 0 Å². The molecule has 1 amide bonds. The van der Waals surface area contributed by atoms with Gasteiger partial charge in [0.15, 0.2) is 0 Å². The molecule has 0 bridgehead atoms. The molecule has 4 nitrogen and oxygen atoms in total. The highest BCUT2D eigenvalue weighted by atomic mass is 127. The normalized spacial score (nSPS) is 10.3. The first-order chi connectivity index (χ1) is 8.08. The van der Waals surface area contributed by atoms with E-state index in [1.54, 1.807) is 17.9 Å². The van der Waals surface area contributed by atoms with E-state index < -0.39 is 0 Å². The topological polar surface area (TPSA) is 46.9 Å². The minimum Gasteiger partial charge on any atom is -0.321 e. The molecule has 0 unspecified atom stereocenters. The average Bonchev–Trinajstić information content (AvgIpc) is 2.61. The molecule has 2 rings (SSSR count). The third-order valence-electron chi connectivity index (χ3n) is 2.15. The number of aromatic nitrogens is 2. The van der Waals surface area contributed by atoms with Crippen LogP contribution in [0.1, 0.15) is 10.4 Å². The molecule has 2 aromatic rings. The van der Waals surface area contributed by atoms with Gasteiger partial charge in [0, 0.05) is 17.7 Å². The zero-order valence-electron chi connectivity index (χ0n) is 8.95. The predicted octanol–water partition coefficient (Wildman–Crippen LogP) is 3.04. The van der Waals surface area contributed by atoms with Crippen LogP contribution < -0.4 is 5.32 Å². The first-order valence-corrected chi connectivity index (χ1v) is 6.70. The molecule has 0 aliphatic rings. The van der Waals surface area contributed by atoms with Crippen molar-refractivity contribution in [2.75, 3.05) is 5.32 Å². The van der Waals surface area contributed by atoms with Gasteiger partial charge in [0.2, 0.25) is 0 Å². The second-order valence-electron chi connectivity index (χ2n) is 3.44. The maximum absolute atomic E-state index is 12.0. The van der Waals surface area contributed by atoms with E-state index in [9.17, 15) is 4.79 Å². The van der Waals surface area contributed by atoms with Crippen molar-refractivity contribution in [1.82, 2.24) is 9.78 Å². The minimum atomic E-state index is -0.158. The summed E-state index contributed by atoms with van der Waals surface area (Å²) in [4.78, 5) is 12.0. The van der Waals surface area contributed by atoms with Crippen LogP contribution in [0.15, 0.2) is 34.9 Å². The van der Waals surface area contributed by atoms with Crippen LogP contribution in [-0.4, -0.2) is 15.7 Å². The Morgan fingerprint density at radius 1 is 1.47 bits per heavy atom. The molecule has 0 aliphatic carbocycles. The number of amides is 1. The van der Waals surface area contributed by atoms with E-state index in [2.05, 4.69) is 26.3 Å². The van der Waals surface area contributed by atoms with E-state index in [-0.39, 0.29) is 5.91 Å². The number of para-hydroxylation sites is 1. The summed E-state index contributed by atoms with van der Waals surface area (Å²) in [6, 6.07) is 7.48. The van der Waals surface area contributed by atoms with E-state index in [1.807, 2.05) is 46.9 Å². The Morgan fingerprint density at radius 2 is 2.18 bits per heavy atom. The molecule has 17 heavy (non-hydrogen) atoms. The lowest BCUT2D eigenvalue weighted by Gasteiger charge is -2.05. The number of anilines is 1. The van der Waals surface area contributed by atoms with Gasteiger partial charge in [-0.05, 0) is 50.7 Å². The number of rotatable bonds is 2. The Bertz CT molecular complexity index is 568. The maximum atomic E-state index is 12.0. The first kappa shape index (κ1) is 12.6. The molecule has 1 N–H and O–H groups in total. The largest absolute Gasteiger partial charge is 0.321 e. The second kappa shape index (κ2) is 5.18. The molecular weight excluding hydrogens is 397 g/mol. The Labute approximate surface area is 121 Å². The van der Waals surface area contributed by atoms with Crippen LogP contribution in [0.4, 0.5) is 5.69 Å². The zero-order chi connectivity index (χ0) is 12.4. The number of benzene rings is 1. The number of carbonyl (C=O) groups is 1. The van der Waals surface area contributed by atoms with Gasteiger partial charge in [0.05, 0.1) is 11.3 Å². The monoisotopic (exact) mass is 405 g/mol. The van der Waals surface area contributed by atoms with Gasteiger partial charge in [-0.2, -0.15) is 5.10 Å². The summed E-state index contributed by atoms with van der Waals surface area (Å²) < 4.78 is 3.17. The summed E-state index contributed by atoms with van der Waals surface area (Å²) in [6.07, 6.45) is 1.70. The molecule has 0 saturated heterocycles. The van der Waals surface area contributed by atoms with Crippen LogP contribution in [0.3, 0.4) is 0 Å². The van der Waals surface area contributed by atoms with Crippen LogP contribution in [0, 0.1) is 3.70 Å². The van der Waals surface area contributed by atoms with E-state index in [1.165, 1.54) is 0 Å². The fraction of sp³-hybridized carbons (Fsp3) is 0.0909. The van der Waals surface area contributed by atoms with Crippen molar-refractivity contribution < 1.29 is 4.79 Å². The van der Waals surface area contributed by atoms with Crippen molar-refractivity contribution in [2.45, 2.75) is 0 Å². The summed E-state index contributed by atoms with van der Waals surface area (Å²) in [5.41, 5.74) is 1.32. The highest BCUT2D eigenvalue weighted by molar-refractivity contribution is 14.1. The van der Waals surface area contributed by atoms with Gasteiger partial charge in [-0.15, -0.1) is 0 Å². The number of hydrogen-bond donors (Lipinski definition) is 1. The molecular formula is C11H9BrIN3O. The number of halogens is 2. The standard InChI is InChI=1S/C11H9BrIN3O/c1-16-6-7(10(13)15-16)11(17)14-9-5-3-2-4-8(9)12/h2-6H,1H3,(H,14,17). The Balaban J connectivity index is 2.23. The molecule has 6 heteroatoms. The van der Waals surface area contributed by atoms with Crippen LogP contribution in [0.25, 0.3) is 0 Å². The lowest BCUT2D eigenvalue weighted by Crippen LogP contribution is -2.12. The molecule has 0 spiro atoms. The third kappa shape index (κ3) is 2.86. The SMILES string of the molecule is Cn1cc(C(=O)Nc2ccccc2Br)c(I)n1. The summed E-state index contributed by atoms with van der Waals surface area (Å²) in [6.45, 7) is 0. The van der Waals surface area contributed by atoms with Crippen molar-refractivity contribution in [3.05, 3.63) is 44.2 Å². The lowest BCUT2D eigenvalue weighted by molar-refractivity contribution is 0.102. The number of hydrogen-bond acceptors (Lipinski definition) is 2. The van der Waals surface area contributed by atoms with E-state index in [4.69, 9.17) is 0 Å². The lowest BCUT2D eigenvalue weighted by atomic mass is 10.3. The zero-order valence-corrected chi connectivity index (χ0v) is 12.7. The highest BCUT2D eigenvalue weighted by Crippen LogP contribution is 2.22. The smallest absolute Gasteiger partial charge is 0.259 e. The number of nitrogens with one attached hydrogen (secondary N) is 1. The van der Waals surface area contributed by atoms with Crippen molar-refractivity contribution in [1.29, 1.82) is 0 Å². The van der Waals surface area contributed by atoms with Gasteiger partial charge in [-0.25, -0.2) is 0 Å². The summed E-state index contributed by atoms with van der Waals surface area (Å²) in [5, 5.41) is 6.96. The molecule has 0 atom stereocenters. The molecule has 1 heterocycles. The van der Waals surface area contributed by atoms with E-state index in [0.29, 0.717) is 9.26 Å². The van der Waals surface area contributed by atoms with Gasteiger partial charge >= 0.3 is 0 Å². The van der Waals surface area contributed by atoms with Crippen LogP contribution in [-0.2, 0) is 7.05 Å². The van der Waals surface area contributed by atoms with Crippen LogP contribution in [0.5, 0.6) is 0 Å². The van der Waals surface area contributed by atoms with Gasteiger partial charge in [0.25, 0.3) is 5.91 Å². The number of aryl methyl sites for hydroxylation is 1. The minimum absolute atomic E-state index is 0.158. The van der Waals surface area contributed by atoms with Gasteiger partial charge in [0.1, 0.15) is 3.70 Å². The highest BCUT2D eigenvalue weighted by Gasteiger charge is 2.14. The van der Waals surface area contributed by atoms with Crippen molar-refractivity contribution in [3.63, 3.8) is 0 Å². The molecule has 0 aliphatic heterocycles. The van der Waals surface area contributed by atoms with Crippen molar-refractivity contribution >= 4 is 50.1 Å². The predicted molar refractivity (Wildman–Crippen MR) is 78.0 cm³/mol. The van der Waals surface area contributed by atoms with Crippen molar-refractivity contribution in [3.8, 4) is 0 Å². The Hall–Kier alpha value is -0.890. The van der Waals surface area contributed by atoms with Crippen molar-refractivity contribution in [2.24, 2.45) is 7.05 Å². The average molecular weight is 406 g/mol. The molecule has 1 aromatic heterocycles.